The van der Waals surface area contributed by atoms with Gasteiger partial charge in [-0.3, -0.25) is 9.36 Å². The number of carbonyl (C=O) groups excluding carboxylic acids is 1. The molecule has 1 heterocycles. The van der Waals surface area contributed by atoms with Crippen LogP contribution < -0.4 is 11.0 Å². The lowest BCUT2D eigenvalue weighted by molar-refractivity contribution is -0.118. The first-order valence-electron chi connectivity index (χ1n) is 7.70. The molecule has 0 saturated carbocycles. The van der Waals surface area contributed by atoms with Gasteiger partial charge in [0.15, 0.2) is 5.16 Å². The van der Waals surface area contributed by atoms with Crippen molar-refractivity contribution in [3.8, 4) is 0 Å². The summed E-state index contributed by atoms with van der Waals surface area (Å²) in [5.74, 6) is 0.114. The predicted octanol–water partition coefficient (Wildman–Crippen LogP) is 1.32. The number of benzene rings is 1. The highest BCUT2D eigenvalue weighted by Gasteiger charge is 2.11. The molecule has 0 radical (unpaired) electrons. The van der Waals surface area contributed by atoms with Crippen LogP contribution in [-0.4, -0.2) is 40.1 Å². The first-order chi connectivity index (χ1) is 11.6. The summed E-state index contributed by atoms with van der Waals surface area (Å²) < 4.78 is 6.51. The van der Waals surface area contributed by atoms with Crippen LogP contribution in [0.25, 0.3) is 0 Å². The minimum absolute atomic E-state index is 0.0952. The Morgan fingerprint density at radius 1 is 1.42 bits per heavy atom. The Balaban J connectivity index is 1.83. The number of rotatable bonds is 9. The lowest BCUT2D eigenvalue weighted by Crippen LogP contribution is -2.25. The molecule has 2 aromatic rings. The normalized spacial score (nSPS) is 10.8. The average molecular weight is 350 g/mol. The maximum absolute atomic E-state index is 12.0. The van der Waals surface area contributed by atoms with Gasteiger partial charge in [-0.25, -0.2) is 9.89 Å². The maximum Gasteiger partial charge on any atom is 0.343 e. The molecule has 1 aromatic carbocycles. The minimum Gasteiger partial charge on any atom is -0.385 e. The molecule has 0 aliphatic carbocycles. The third kappa shape index (κ3) is 5.24. The smallest absolute Gasteiger partial charge is 0.343 e. The van der Waals surface area contributed by atoms with Crippen molar-refractivity contribution in [3.63, 3.8) is 0 Å². The number of carbonyl (C=O) groups is 1. The van der Waals surface area contributed by atoms with E-state index in [2.05, 4.69) is 15.5 Å². The highest BCUT2D eigenvalue weighted by Crippen LogP contribution is 2.13. The Morgan fingerprint density at radius 2 is 2.21 bits per heavy atom. The van der Waals surface area contributed by atoms with Gasteiger partial charge in [-0.1, -0.05) is 36.0 Å². The molecule has 2 rings (SSSR count). The van der Waals surface area contributed by atoms with Gasteiger partial charge >= 0.3 is 5.69 Å². The number of ether oxygens (including phenoxy) is 1. The second-order valence-electron chi connectivity index (χ2n) is 5.30. The molecular weight excluding hydrogens is 328 g/mol. The number of amides is 1. The standard InChI is InChI=1S/C16H22N4O3S/c1-12-6-3-4-7-13(12)10-17-14(21)11-24-16-19-18-15(22)20(16)8-5-9-23-2/h3-4,6-7H,5,8-11H2,1-2H3,(H,17,21)(H,18,22). The zero-order valence-corrected chi connectivity index (χ0v) is 14.7. The number of thioether (sulfide) groups is 1. The van der Waals surface area contributed by atoms with E-state index in [0.717, 1.165) is 11.1 Å². The molecule has 1 aromatic heterocycles. The highest BCUT2D eigenvalue weighted by atomic mass is 32.2. The minimum atomic E-state index is -0.270. The van der Waals surface area contributed by atoms with Gasteiger partial charge in [0.25, 0.3) is 0 Å². The summed E-state index contributed by atoms with van der Waals surface area (Å²) in [5.41, 5.74) is 1.96. The van der Waals surface area contributed by atoms with E-state index in [1.165, 1.54) is 16.3 Å². The van der Waals surface area contributed by atoms with Crippen LogP contribution in [0.1, 0.15) is 17.5 Å². The first-order valence-corrected chi connectivity index (χ1v) is 8.68. The third-order valence-corrected chi connectivity index (χ3v) is 4.50. The Hall–Kier alpha value is -2.06. The number of H-pyrrole nitrogens is 1. The fourth-order valence-electron chi connectivity index (χ4n) is 2.16. The van der Waals surface area contributed by atoms with Crippen LogP contribution in [0.15, 0.2) is 34.2 Å². The molecule has 130 valence electrons. The van der Waals surface area contributed by atoms with Gasteiger partial charge in [-0.05, 0) is 24.5 Å². The van der Waals surface area contributed by atoms with Crippen LogP contribution in [0, 0.1) is 6.92 Å². The van der Waals surface area contributed by atoms with E-state index in [-0.39, 0.29) is 17.3 Å². The molecule has 0 aliphatic rings. The molecule has 0 aliphatic heterocycles. The first kappa shape index (κ1) is 18.3. The molecular formula is C16H22N4O3S. The zero-order valence-electron chi connectivity index (χ0n) is 13.9. The summed E-state index contributed by atoms with van der Waals surface area (Å²) in [6.07, 6.45) is 0.711. The fourth-order valence-corrected chi connectivity index (χ4v) is 2.96. The monoisotopic (exact) mass is 350 g/mol. The molecule has 24 heavy (non-hydrogen) atoms. The SMILES string of the molecule is COCCCn1c(SCC(=O)NCc2ccccc2C)n[nH]c1=O. The lowest BCUT2D eigenvalue weighted by atomic mass is 10.1. The number of methoxy groups -OCH3 is 1. The second-order valence-corrected chi connectivity index (χ2v) is 6.24. The van der Waals surface area contributed by atoms with Gasteiger partial charge in [0.1, 0.15) is 0 Å². The van der Waals surface area contributed by atoms with Crippen LogP contribution in [0.3, 0.4) is 0 Å². The molecule has 2 N–H and O–H groups in total. The highest BCUT2D eigenvalue weighted by molar-refractivity contribution is 7.99. The number of hydrogen-bond donors (Lipinski definition) is 2. The molecule has 0 fully saturated rings. The van der Waals surface area contributed by atoms with E-state index < -0.39 is 0 Å². The van der Waals surface area contributed by atoms with Crippen molar-refractivity contribution in [1.82, 2.24) is 20.1 Å². The average Bonchev–Trinajstić information content (AvgIpc) is 2.93. The van der Waals surface area contributed by atoms with Crippen LogP contribution in [0.2, 0.25) is 0 Å². The van der Waals surface area contributed by atoms with E-state index in [0.29, 0.717) is 31.3 Å². The van der Waals surface area contributed by atoms with Crippen molar-refractivity contribution in [2.75, 3.05) is 19.5 Å². The summed E-state index contributed by atoms with van der Waals surface area (Å²) in [4.78, 5) is 23.7. The van der Waals surface area contributed by atoms with Crippen LogP contribution in [0.5, 0.6) is 0 Å². The van der Waals surface area contributed by atoms with E-state index in [1.54, 1.807) is 7.11 Å². The van der Waals surface area contributed by atoms with Gasteiger partial charge in [0.05, 0.1) is 5.75 Å². The zero-order chi connectivity index (χ0) is 17.4. The lowest BCUT2D eigenvalue weighted by Gasteiger charge is -2.08. The summed E-state index contributed by atoms with van der Waals surface area (Å²) >= 11 is 1.24. The van der Waals surface area contributed by atoms with Gasteiger partial charge in [0, 0.05) is 26.8 Å². The number of nitrogens with one attached hydrogen (secondary N) is 2. The number of aromatic nitrogens is 3. The summed E-state index contributed by atoms with van der Waals surface area (Å²) in [5, 5.41) is 9.78. The van der Waals surface area contributed by atoms with Crippen molar-refractivity contribution in [2.45, 2.75) is 31.6 Å². The van der Waals surface area contributed by atoms with Crippen LogP contribution >= 0.6 is 11.8 Å². The van der Waals surface area contributed by atoms with Crippen molar-refractivity contribution in [2.24, 2.45) is 0 Å². The van der Waals surface area contributed by atoms with Gasteiger partial charge in [-0.2, -0.15) is 0 Å². The molecule has 0 bridgehead atoms. The van der Waals surface area contributed by atoms with E-state index >= 15 is 0 Å². The third-order valence-electron chi connectivity index (χ3n) is 3.52. The summed E-state index contributed by atoms with van der Waals surface area (Å²) in [6.45, 7) is 3.58. The second kappa shape index (κ2) is 9.29. The molecule has 0 unspecified atom stereocenters. The van der Waals surface area contributed by atoms with E-state index in [1.807, 2.05) is 31.2 Å². The molecule has 0 atom stereocenters. The fraction of sp³-hybridized carbons (Fsp3) is 0.438. The largest absolute Gasteiger partial charge is 0.385 e. The molecule has 0 saturated heterocycles. The van der Waals surface area contributed by atoms with Crippen LogP contribution in [0.4, 0.5) is 0 Å². The van der Waals surface area contributed by atoms with Crippen molar-refractivity contribution in [1.29, 1.82) is 0 Å². The number of aryl methyl sites for hydroxylation is 1. The van der Waals surface area contributed by atoms with Crippen LogP contribution in [-0.2, 0) is 22.6 Å². The van der Waals surface area contributed by atoms with Crippen molar-refractivity contribution < 1.29 is 9.53 Å². The summed E-state index contributed by atoms with van der Waals surface area (Å²) in [7, 11) is 1.62. The Kier molecular flexibility index (Phi) is 7.07. The molecule has 0 spiro atoms. The number of aromatic amines is 1. The Labute approximate surface area is 144 Å². The topological polar surface area (TPSA) is 89.0 Å². The molecule has 8 heteroatoms. The van der Waals surface area contributed by atoms with Gasteiger partial charge in [-0.15, -0.1) is 5.10 Å². The number of nitrogens with zero attached hydrogens (tertiary/aromatic N) is 2. The Bertz CT molecular complexity index is 726. The summed E-state index contributed by atoms with van der Waals surface area (Å²) in [6, 6.07) is 7.92. The Morgan fingerprint density at radius 3 is 2.96 bits per heavy atom. The van der Waals surface area contributed by atoms with E-state index in [9.17, 15) is 9.59 Å². The molecule has 7 nitrogen and oxygen atoms in total. The number of hydrogen-bond acceptors (Lipinski definition) is 5. The van der Waals surface area contributed by atoms with Crippen molar-refractivity contribution >= 4 is 17.7 Å². The van der Waals surface area contributed by atoms with Gasteiger partial charge in [0.2, 0.25) is 5.91 Å². The van der Waals surface area contributed by atoms with E-state index in [4.69, 9.17) is 4.74 Å². The predicted molar refractivity (Wildman–Crippen MR) is 93.1 cm³/mol. The maximum atomic E-state index is 12.0. The van der Waals surface area contributed by atoms with Gasteiger partial charge < -0.3 is 10.1 Å². The molecule has 1 amide bonds. The quantitative estimate of drug-likeness (QED) is 0.526. The van der Waals surface area contributed by atoms with Crippen molar-refractivity contribution in [3.05, 3.63) is 45.9 Å².